The Morgan fingerprint density at radius 1 is 0.432 bits per heavy atom. The Bertz CT molecular complexity index is 2760. The third kappa shape index (κ3) is 3.98. The molecule has 9 aromatic rings. The predicted octanol–water partition coefficient (Wildman–Crippen LogP) is 10.3. The summed E-state index contributed by atoms with van der Waals surface area (Å²) in [5, 5.41) is 3.39. The van der Waals surface area contributed by atoms with E-state index in [1.54, 1.807) is 18.2 Å². The Hall–Kier alpha value is -6.07. The van der Waals surface area contributed by atoms with Crippen molar-refractivity contribution in [2.75, 3.05) is 0 Å². The van der Waals surface area contributed by atoms with E-state index in [1.165, 1.54) is 0 Å². The van der Waals surface area contributed by atoms with Gasteiger partial charge in [0.25, 0.3) is 0 Å². The summed E-state index contributed by atoms with van der Waals surface area (Å²) in [6.45, 7) is 0. The second-order valence-corrected chi connectivity index (χ2v) is 10.5. The topological polar surface area (TPSA) is 65.0 Å². The van der Waals surface area contributed by atoms with Gasteiger partial charge in [0, 0.05) is 38.2 Å². The van der Waals surface area contributed by atoms with Crippen LogP contribution in [0.3, 0.4) is 0 Å². The lowest BCUT2D eigenvalue weighted by Gasteiger charge is -2.09. The number of furan rings is 2. The lowest BCUT2D eigenvalue weighted by molar-refractivity contribution is 0.668. The molecule has 3 aromatic heterocycles. The molecule has 0 amide bonds. The molecule has 0 unspecified atom stereocenters. The number of nitrogens with zero attached hydrogens (tertiary/aromatic N) is 3. The van der Waals surface area contributed by atoms with Crippen LogP contribution in [-0.4, -0.2) is 15.0 Å². The van der Waals surface area contributed by atoms with Gasteiger partial charge in [-0.05, 0) is 53.6 Å². The van der Waals surface area contributed by atoms with Crippen molar-refractivity contribution >= 4 is 43.9 Å². The summed E-state index contributed by atoms with van der Waals surface area (Å²) in [5.74, 6) is 1.49. The fourth-order valence-corrected chi connectivity index (χ4v) is 5.77. The molecule has 0 bridgehead atoms. The summed E-state index contributed by atoms with van der Waals surface area (Å²) in [4.78, 5) is 14.9. The Labute approximate surface area is 259 Å². The number of hydrogen-bond acceptors (Lipinski definition) is 5. The Kier molecular flexibility index (Phi) is 4.42. The van der Waals surface area contributed by atoms with E-state index in [9.17, 15) is 0 Å². The van der Waals surface area contributed by atoms with E-state index < -0.39 is 6.04 Å². The first kappa shape index (κ1) is 19.9. The van der Waals surface area contributed by atoms with Crippen molar-refractivity contribution in [3.8, 4) is 45.3 Å². The highest BCUT2D eigenvalue weighted by Crippen LogP contribution is 2.38. The first-order chi connectivity index (χ1) is 23.9. The van der Waals surface area contributed by atoms with Gasteiger partial charge in [-0.2, -0.15) is 0 Å². The molecule has 0 N–H and O–H groups in total. The number of rotatable bonds is 4. The Morgan fingerprint density at radius 3 is 1.86 bits per heavy atom. The van der Waals surface area contributed by atoms with Crippen molar-refractivity contribution in [2.45, 2.75) is 0 Å². The molecule has 0 radical (unpaired) electrons. The number of fused-ring (bicyclic) bond motifs is 6. The molecule has 6 aromatic carbocycles. The summed E-state index contributed by atoms with van der Waals surface area (Å²) >= 11 is 0. The molecule has 0 aliphatic rings. The largest absolute Gasteiger partial charge is 0.456 e. The van der Waals surface area contributed by atoms with Crippen LogP contribution in [-0.2, 0) is 0 Å². The molecule has 44 heavy (non-hydrogen) atoms. The second-order valence-electron chi connectivity index (χ2n) is 10.5. The average molecular weight is 571 g/mol. The minimum absolute atomic E-state index is 0.133. The highest BCUT2D eigenvalue weighted by molar-refractivity contribution is 6.12. The van der Waals surface area contributed by atoms with Crippen LogP contribution in [0.4, 0.5) is 0 Å². The molecule has 9 rings (SSSR count). The zero-order valence-electron chi connectivity index (χ0n) is 28.1. The summed E-state index contributed by atoms with van der Waals surface area (Å²) < 4.78 is 53.6. The molecule has 0 aliphatic carbocycles. The van der Waals surface area contributed by atoms with Crippen LogP contribution in [0.25, 0.3) is 89.2 Å². The fourth-order valence-electron chi connectivity index (χ4n) is 5.77. The molecule has 206 valence electrons. The van der Waals surface area contributed by atoms with E-state index in [0.717, 1.165) is 49.4 Å². The summed E-state index contributed by atoms with van der Waals surface area (Å²) in [6, 6.07) is 32.8. The maximum absolute atomic E-state index is 8.50. The minimum atomic E-state index is -0.429. The van der Waals surface area contributed by atoms with Gasteiger partial charge in [0.1, 0.15) is 22.3 Å². The quantitative estimate of drug-likeness (QED) is 0.211. The van der Waals surface area contributed by atoms with E-state index in [4.69, 9.17) is 30.6 Å². The van der Waals surface area contributed by atoms with Crippen LogP contribution >= 0.6 is 0 Å². The van der Waals surface area contributed by atoms with Gasteiger partial charge >= 0.3 is 0 Å². The zero-order chi connectivity index (χ0) is 33.4. The predicted molar refractivity (Wildman–Crippen MR) is 176 cm³/mol. The van der Waals surface area contributed by atoms with E-state index in [1.807, 2.05) is 91.0 Å². The lowest BCUT2D eigenvalue weighted by Crippen LogP contribution is -2.00. The van der Waals surface area contributed by atoms with E-state index >= 15 is 0 Å². The maximum Gasteiger partial charge on any atom is 0.164 e. The smallest absolute Gasteiger partial charge is 0.164 e. The number of aromatic nitrogens is 3. The first-order valence-corrected chi connectivity index (χ1v) is 14.1. The monoisotopic (exact) mass is 570 g/mol. The van der Waals surface area contributed by atoms with Crippen molar-refractivity contribution in [3.05, 3.63) is 139 Å². The van der Waals surface area contributed by atoms with Crippen LogP contribution in [0.1, 0.15) is 6.85 Å². The van der Waals surface area contributed by atoms with Gasteiger partial charge in [0.2, 0.25) is 0 Å². The molecule has 0 fully saturated rings. The van der Waals surface area contributed by atoms with Crippen LogP contribution in [0.5, 0.6) is 0 Å². The van der Waals surface area contributed by atoms with Gasteiger partial charge in [0.15, 0.2) is 17.5 Å². The molecule has 0 saturated heterocycles. The van der Waals surface area contributed by atoms with Crippen molar-refractivity contribution in [2.24, 2.45) is 0 Å². The van der Waals surface area contributed by atoms with Crippen LogP contribution in [0.2, 0.25) is 0 Å². The molecule has 0 saturated carbocycles. The van der Waals surface area contributed by atoms with Gasteiger partial charge in [-0.25, -0.2) is 15.0 Å². The van der Waals surface area contributed by atoms with Gasteiger partial charge in [-0.3, -0.25) is 0 Å². The molecule has 0 atom stereocenters. The summed E-state index contributed by atoms with van der Waals surface area (Å²) in [5.41, 5.74) is 5.77. The molecule has 0 aliphatic heterocycles. The zero-order valence-corrected chi connectivity index (χ0v) is 23.1. The van der Waals surface area contributed by atoms with Crippen LogP contribution in [0.15, 0.2) is 148 Å². The van der Waals surface area contributed by atoms with E-state index in [2.05, 4.69) is 0 Å². The normalized spacial score (nSPS) is 13.2. The lowest BCUT2D eigenvalue weighted by atomic mass is 10.0. The number of para-hydroxylation sites is 1. The number of hydrogen-bond donors (Lipinski definition) is 0. The SMILES string of the molecule is [2H]c1c([2H])c([2H])c(-c2ccc3oc4ccc(-c5nc(-c6ccccc6)nc(-c6cccc7oc8ccccc8c67)n5)cc4c3c2)c([2H])c1[2H]. The van der Waals surface area contributed by atoms with Gasteiger partial charge in [-0.1, -0.05) is 96.9 Å². The van der Waals surface area contributed by atoms with Gasteiger partial charge < -0.3 is 8.83 Å². The van der Waals surface area contributed by atoms with Crippen LogP contribution in [0, 0.1) is 0 Å². The third-order valence-corrected chi connectivity index (χ3v) is 7.83. The van der Waals surface area contributed by atoms with Crippen molar-refractivity contribution in [1.82, 2.24) is 15.0 Å². The molecule has 5 nitrogen and oxygen atoms in total. The average Bonchev–Trinajstić information content (AvgIpc) is 3.71. The van der Waals surface area contributed by atoms with Gasteiger partial charge in [-0.15, -0.1) is 0 Å². The Balaban J connectivity index is 1.26. The maximum atomic E-state index is 8.50. The fraction of sp³-hybridized carbons (Fsp3) is 0. The molecular weight excluding hydrogens is 542 g/mol. The number of benzene rings is 6. The first-order valence-electron chi connectivity index (χ1n) is 16.6. The highest BCUT2D eigenvalue weighted by Gasteiger charge is 2.18. The van der Waals surface area contributed by atoms with E-state index in [-0.39, 0.29) is 29.7 Å². The minimum Gasteiger partial charge on any atom is -0.456 e. The van der Waals surface area contributed by atoms with Crippen LogP contribution < -0.4 is 0 Å². The van der Waals surface area contributed by atoms with Crippen molar-refractivity contribution < 1.29 is 15.7 Å². The highest BCUT2D eigenvalue weighted by atomic mass is 16.3. The van der Waals surface area contributed by atoms with Crippen molar-refractivity contribution in [1.29, 1.82) is 0 Å². The van der Waals surface area contributed by atoms with Crippen molar-refractivity contribution in [3.63, 3.8) is 0 Å². The third-order valence-electron chi connectivity index (χ3n) is 7.83. The molecule has 5 heteroatoms. The second kappa shape index (κ2) is 9.75. The Morgan fingerprint density at radius 2 is 1.05 bits per heavy atom. The standard InChI is InChI=1S/C39H23N3O2/c1-3-10-24(11-4-1)26-18-20-33-30(22-26)31-23-27(19-21-34(31)43-33)38-40-37(25-12-5-2-6-13-25)41-39(42-38)29-15-9-17-35-36(29)28-14-7-8-16-32(28)44-35/h1-23H/i1D,3D,4D,10D,11D. The summed E-state index contributed by atoms with van der Waals surface area (Å²) in [7, 11) is 0. The van der Waals surface area contributed by atoms with Gasteiger partial charge in [0.05, 0.1) is 6.85 Å². The summed E-state index contributed by atoms with van der Waals surface area (Å²) in [6.07, 6.45) is 0. The molecule has 0 spiro atoms. The molecular formula is C39H23N3O2. The van der Waals surface area contributed by atoms with E-state index in [0.29, 0.717) is 34.2 Å². The molecule has 3 heterocycles.